The first kappa shape index (κ1) is 13.2. The third-order valence-electron chi connectivity index (χ3n) is 4.10. The van der Waals surface area contributed by atoms with Crippen molar-refractivity contribution in [3.05, 3.63) is 12.7 Å². The fraction of sp³-hybridized carbons (Fsp3) is 0.583. The zero-order chi connectivity index (χ0) is 14.5. The van der Waals surface area contributed by atoms with Gasteiger partial charge in [0.2, 0.25) is 0 Å². The van der Waals surface area contributed by atoms with Crippen molar-refractivity contribution in [2.24, 2.45) is 5.92 Å². The Kier molecular flexibility index (Phi) is 2.89. The lowest BCUT2D eigenvalue weighted by Gasteiger charge is -2.28. The van der Waals surface area contributed by atoms with E-state index in [4.69, 9.17) is 10.5 Å². The highest BCUT2D eigenvalue weighted by atomic mass is 16.5. The van der Waals surface area contributed by atoms with Crippen LogP contribution in [0.2, 0.25) is 0 Å². The molecule has 20 heavy (non-hydrogen) atoms. The Bertz CT molecular complexity index is 641. The zero-order valence-electron chi connectivity index (χ0n) is 11.3. The number of nitrogens with zero attached hydrogens (tertiary/aromatic N) is 4. The highest BCUT2D eigenvalue weighted by molar-refractivity contribution is 5.81. The van der Waals surface area contributed by atoms with Gasteiger partial charge in [-0.25, -0.2) is 15.0 Å². The van der Waals surface area contributed by atoms with E-state index in [0.29, 0.717) is 11.2 Å². The van der Waals surface area contributed by atoms with Crippen LogP contribution in [0.4, 0.5) is 5.82 Å². The van der Waals surface area contributed by atoms with Gasteiger partial charge in [-0.2, -0.15) is 0 Å². The van der Waals surface area contributed by atoms with Crippen LogP contribution in [0.25, 0.3) is 11.2 Å². The maximum Gasteiger partial charge on any atom is 0.167 e. The number of nitrogen functional groups attached to an aromatic ring is 1. The number of aliphatic hydroxyl groups excluding tert-OH is 1. The lowest BCUT2D eigenvalue weighted by Crippen LogP contribution is -2.38. The Labute approximate surface area is 115 Å². The number of ether oxygens (including phenoxy) is 1. The molecule has 2 aromatic heterocycles. The molecule has 0 aliphatic carbocycles. The summed E-state index contributed by atoms with van der Waals surface area (Å²) in [6.45, 7) is 3.36. The minimum absolute atomic E-state index is 0.155. The maximum atomic E-state index is 10.7. The molecule has 2 aromatic rings. The molecule has 0 amide bonds. The third kappa shape index (κ3) is 1.69. The summed E-state index contributed by atoms with van der Waals surface area (Å²) in [5, 5.41) is 20.0. The van der Waals surface area contributed by atoms with Crippen LogP contribution >= 0.6 is 0 Å². The van der Waals surface area contributed by atoms with Gasteiger partial charge in [-0.15, -0.1) is 0 Å². The Hall–Kier alpha value is -1.77. The minimum Gasteiger partial charge on any atom is -0.394 e. The summed E-state index contributed by atoms with van der Waals surface area (Å²) in [5.74, 6) is 0.0484. The highest BCUT2D eigenvalue weighted by Crippen LogP contribution is 2.43. The molecule has 1 fully saturated rings. The van der Waals surface area contributed by atoms with Gasteiger partial charge in [0.15, 0.2) is 17.7 Å². The molecule has 4 N–H and O–H groups in total. The monoisotopic (exact) mass is 279 g/mol. The van der Waals surface area contributed by atoms with Crippen LogP contribution in [0, 0.1) is 5.92 Å². The summed E-state index contributed by atoms with van der Waals surface area (Å²) in [5.41, 5.74) is 5.55. The Morgan fingerprint density at radius 1 is 1.45 bits per heavy atom. The highest BCUT2D eigenvalue weighted by Gasteiger charge is 2.51. The van der Waals surface area contributed by atoms with Crippen LogP contribution in [0.15, 0.2) is 12.7 Å². The van der Waals surface area contributed by atoms with E-state index >= 15 is 0 Å². The van der Waals surface area contributed by atoms with Crippen molar-refractivity contribution >= 4 is 17.0 Å². The molecular formula is C12H17N5O3. The summed E-state index contributed by atoms with van der Waals surface area (Å²) >= 11 is 0. The Morgan fingerprint density at radius 3 is 2.85 bits per heavy atom. The molecule has 1 saturated heterocycles. The molecule has 3 heterocycles. The third-order valence-corrected chi connectivity index (χ3v) is 4.10. The summed E-state index contributed by atoms with van der Waals surface area (Å²) in [4.78, 5) is 12.2. The standard InChI is InChI=1S/C12H17N5O3/c1-6-7(3-18)20-11(12(6,2)19)17-5-16-8-9(13)14-4-15-10(8)17/h4-7,11,18-19H,3H2,1-2H3,(H2,13,14,15)/t6-,7-,11-,12+/m1/s1. The van der Waals surface area contributed by atoms with Gasteiger partial charge in [-0.3, -0.25) is 4.57 Å². The van der Waals surface area contributed by atoms with Crippen LogP contribution in [-0.2, 0) is 4.74 Å². The van der Waals surface area contributed by atoms with E-state index in [2.05, 4.69) is 15.0 Å². The lowest BCUT2D eigenvalue weighted by molar-refractivity contribution is -0.0876. The molecule has 8 nitrogen and oxygen atoms in total. The first-order chi connectivity index (χ1) is 9.46. The van der Waals surface area contributed by atoms with Gasteiger partial charge in [0.25, 0.3) is 0 Å². The number of hydrogen-bond donors (Lipinski definition) is 3. The van der Waals surface area contributed by atoms with Gasteiger partial charge in [0.05, 0.1) is 19.0 Å². The van der Waals surface area contributed by atoms with E-state index in [-0.39, 0.29) is 18.3 Å². The summed E-state index contributed by atoms with van der Waals surface area (Å²) in [7, 11) is 0. The largest absolute Gasteiger partial charge is 0.394 e. The Balaban J connectivity index is 2.10. The van der Waals surface area contributed by atoms with E-state index in [0.717, 1.165) is 0 Å². The fourth-order valence-corrected chi connectivity index (χ4v) is 2.61. The zero-order valence-corrected chi connectivity index (χ0v) is 11.3. The number of rotatable bonds is 2. The summed E-state index contributed by atoms with van der Waals surface area (Å²) < 4.78 is 7.38. The van der Waals surface area contributed by atoms with Crippen molar-refractivity contribution in [1.29, 1.82) is 0 Å². The molecule has 3 rings (SSSR count). The van der Waals surface area contributed by atoms with Crippen molar-refractivity contribution < 1.29 is 14.9 Å². The normalized spacial score (nSPS) is 33.9. The molecule has 1 aliphatic heterocycles. The van der Waals surface area contributed by atoms with Gasteiger partial charge in [-0.1, -0.05) is 6.92 Å². The van der Waals surface area contributed by atoms with Crippen LogP contribution in [0.3, 0.4) is 0 Å². The quantitative estimate of drug-likeness (QED) is 0.689. The second kappa shape index (κ2) is 4.37. The number of aliphatic hydroxyl groups is 2. The van der Waals surface area contributed by atoms with Crippen molar-refractivity contribution in [2.75, 3.05) is 12.3 Å². The topological polar surface area (TPSA) is 119 Å². The maximum absolute atomic E-state index is 10.7. The number of fused-ring (bicyclic) bond motifs is 1. The molecule has 0 radical (unpaired) electrons. The molecule has 4 atom stereocenters. The minimum atomic E-state index is -1.15. The van der Waals surface area contributed by atoms with E-state index < -0.39 is 17.9 Å². The predicted molar refractivity (Wildman–Crippen MR) is 70.5 cm³/mol. The van der Waals surface area contributed by atoms with Crippen molar-refractivity contribution in [1.82, 2.24) is 19.5 Å². The number of aromatic nitrogens is 4. The molecule has 0 spiro atoms. The van der Waals surface area contributed by atoms with Crippen molar-refractivity contribution in [3.63, 3.8) is 0 Å². The number of hydrogen-bond acceptors (Lipinski definition) is 7. The first-order valence-electron chi connectivity index (χ1n) is 6.38. The van der Waals surface area contributed by atoms with Crippen LogP contribution in [0.5, 0.6) is 0 Å². The Morgan fingerprint density at radius 2 is 2.20 bits per heavy atom. The van der Waals surface area contributed by atoms with Gasteiger partial charge >= 0.3 is 0 Å². The van der Waals surface area contributed by atoms with Gasteiger partial charge in [0.1, 0.15) is 17.4 Å². The molecule has 8 heteroatoms. The SMILES string of the molecule is C[C@@H]1[C@@H](CO)O[C@@H](n2cnc3c(N)ncnc32)[C@@]1(C)O. The van der Waals surface area contributed by atoms with Crippen molar-refractivity contribution in [2.45, 2.75) is 31.8 Å². The van der Waals surface area contributed by atoms with Crippen LogP contribution < -0.4 is 5.73 Å². The second-order valence-electron chi connectivity index (χ2n) is 5.31. The predicted octanol–water partition coefficient (Wildman–Crippen LogP) is -0.315. The van der Waals surface area contributed by atoms with Crippen LogP contribution in [-0.4, -0.2) is 48.0 Å². The van der Waals surface area contributed by atoms with Gasteiger partial charge in [0, 0.05) is 5.92 Å². The average molecular weight is 279 g/mol. The molecular weight excluding hydrogens is 262 g/mol. The fourth-order valence-electron chi connectivity index (χ4n) is 2.61. The van der Waals surface area contributed by atoms with E-state index in [9.17, 15) is 10.2 Å². The average Bonchev–Trinajstić information content (AvgIpc) is 2.92. The molecule has 0 aromatic carbocycles. The van der Waals surface area contributed by atoms with Crippen LogP contribution in [0.1, 0.15) is 20.1 Å². The van der Waals surface area contributed by atoms with E-state index in [1.165, 1.54) is 12.7 Å². The molecule has 0 bridgehead atoms. The van der Waals surface area contributed by atoms with E-state index in [1.807, 2.05) is 6.92 Å². The van der Waals surface area contributed by atoms with Gasteiger partial charge < -0.3 is 20.7 Å². The number of nitrogens with two attached hydrogens (primary N) is 1. The second-order valence-corrected chi connectivity index (χ2v) is 5.31. The smallest absolute Gasteiger partial charge is 0.167 e. The van der Waals surface area contributed by atoms with Crippen molar-refractivity contribution in [3.8, 4) is 0 Å². The molecule has 0 saturated carbocycles. The molecule has 0 unspecified atom stereocenters. The summed E-state index contributed by atoms with van der Waals surface area (Å²) in [6, 6.07) is 0. The first-order valence-corrected chi connectivity index (χ1v) is 6.38. The number of imidazole rings is 1. The lowest BCUT2D eigenvalue weighted by atomic mass is 9.88. The van der Waals surface area contributed by atoms with E-state index in [1.54, 1.807) is 11.5 Å². The van der Waals surface area contributed by atoms with Gasteiger partial charge in [-0.05, 0) is 6.92 Å². The molecule has 108 valence electrons. The number of anilines is 1. The molecule has 1 aliphatic rings. The summed E-state index contributed by atoms with van der Waals surface area (Å²) in [6.07, 6.45) is 1.73.